The quantitative estimate of drug-likeness (QED) is 0.734. The van der Waals surface area contributed by atoms with Gasteiger partial charge in [-0.3, -0.25) is 0 Å². The molecular weight excluding hydrogens is 218 g/mol. The number of allylic oxidation sites excluding steroid dienone is 2. The van der Waals surface area contributed by atoms with Crippen LogP contribution in [0.5, 0.6) is 0 Å². The summed E-state index contributed by atoms with van der Waals surface area (Å²) in [6, 6.07) is 18.4. The molecule has 0 amide bonds. The van der Waals surface area contributed by atoms with Gasteiger partial charge in [0.05, 0.1) is 0 Å². The molecule has 90 valence electrons. The van der Waals surface area contributed by atoms with Crippen LogP contribution < -0.4 is 5.32 Å². The zero-order valence-corrected chi connectivity index (χ0v) is 10.6. The Balaban J connectivity index is 2.25. The largest absolute Gasteiger partial charge is 0.355 e. The van der Waals surface area contributed by atoms with Crippen molar-refractivity contribution in [1.82, 2.24) is 0 Å². The van der Waals surface area contributed by atoms with Gasteiger partial charge < -0.3 is 5.32 Å². The Labute approximate surface area is 108 Å². The Morgan fingerprint density at radius 2 is 1.67 bits per heavy atom. The lowest BCUT2D eigenvalue weighted by atomic mass is 10.1. The number of rotatable bonds is 4. The highest BCUT2D eigenvalue weighted by Crippen LogP contribution is 2.22. The first-order chi connectivity index (χ1) is 8.75. The summed E-state index contributed by atoms with van der Waals surface area (Å²) in [4.78, 5) is 0. The molecule has 0 saturated heterocycles. The van der Waals surface area contributed by atoms with Gasteiger partial charge in [-0.2, -0.15) is 0 Å². The number of nitrogens with one attached hydrogen (secondary N) is 1. The Bertz CT molecular complexity index is 553. The maximum absolute atomic E-state index is 3.88. The van der Waals surface area contributed by atoms with Crippen LogP contribution in [0.25, 0.3) is 6.08 Å². The zero-order valence-electron chi connectivity index (χ0n) is 10.6. The fourth-order valence-electron chi connectivity index (χ4n) is 1.67. The molecule has 0 radical (unpaired) electrons. The number of hydrogen-bond donors (Lipinski definition) is 1. The molecule has 1 heteroatoms. The van der Waals surface area contributed by atoms with Crippen LogP contribution >= 0.6 is 0 Å². The van der Waals surface area contributed by atoms with Gasteiger partial charge in [0.15, 0.2) is 0 Å². The van der Waals surface area contributed by atoms with Crippen molar-refractivity contribution in [3.05, 3.63) is 78.4 Å². The zero-order chi connectivity index (χ0) is 12.8. The predicted octanol–water partition coefficient (Wildman–Crippen LogP) is 5.02. The first-order valence-electron chi connectivity index (χ1n) is 6.00. The van der Waals surface area contributed by atoms with Gasteiger partial charge in [-0.1, -0.05) is 60.7 Å². The Morgan fingerprint density at radius 3 is 2.39 bits per heavy atom. The lowest BCUT2D eigenvalue weighted by molar-refractivity contribution is 1.52. The summed E-state index contributed by atoms with van der Waals surface area (Å²) in [5.41, 5.74) is 4.39. The minimum atomic E-state index is 1.05. The highest BCUT2D eigenvalue weighted by molar-refractivity contribution is 5.72. The van der Waals surface area contributed by atoms with E-state index in [1.165, 1.54) is 0 Å². The second kappa shape index (κ2) is 5.87. The van der Waals surface area contributed by atoms with Gasteiger partial charge in [0.2, 0.25) is 0 Å². The summed E-state index contributed by atoms with van der Waals surface area (Å²) < 4.78 is 0. The van der Waals surface area contributed by atoms with E-state index in [0.717, 1.165) is 22.5 Å². The van der Waals surface area contributed by atoms with E-state index in [1.54, 1.807) is 0 Å². The minimum absolute atomic E-state index is 1.05. The van der Waals surface area contributed by atoms with E-state index >= 15 is 0 Å². The van der Waals surface area contributed by atoms with Crippen molar-refractivity contribution in [2.45, 2.75) is 6.92 Å². The summed E-state index contributed by atoms with van der Waals surface area (Å²) in [5.74, 6) is 0. The molecular formula is C17H17N. The summed E-state index contributed by atoms with van der Waals surface area (Å²) in [7, 11) is 0. The highest BCUT2D eigenvalue weighted by atomic mass is 14.9. The molecule has 0 aliphatic heterocycles. The topological polar surface area (TPSA) is 12.0 Å². The minimum Gasteiger partial charge on any atom is -0.355 e. The van der Waals surface area contributed by atoms with E-state index in [1.807, 2.05) is 43.3 Å². The first kappa shape index (κ1) is 12.2. The standard InChI is InChI=1S/C17H17N/c1-14(2)12-13-15-8-6-7-11-17(15)18-16-9-4-3-5-10-16/h3-13,18H,1H2,2H3. The van der Waals surface area contributed by atoms with E-state index < -0.39 is 0 Å². The summed E-state index contributed by atoms with van der Waals surface area (Å²) in [6.07, 6.45) is 4.10. The van der Waals surface area contributed by atoms with E-state index in [-0.39, 0.29) is 0 Å². The van der Waals surface area contributed by atoms with E-state index in [0.29, 0.717) is 0 Å². The molecule has 0 unspecified atom stereocenters. The molecule has 0 saturated carbocycles. The van der Waals surface area contributed by atoms with Crippen LogP contribution in [0.1, 0.15) is 12.5 Å². The van der Waals surface area contributed by atoms with Crippen LogP contribution in [-0.2, 0) is 0 Å². The van der Waals surface area contributed by atoms with Crippen molar-refractivity contribution >= 4 is 17.5 Å². The van der Waals surface area contributed by atoms with Crippen molar-refractivity contribution in [3.63, 3.8) is 0 Å². The average Bonchev–Trinajstić information content (AvgIpc) is 2.39. The molecule has 18 heavy (non-hydrogen) atoms. The predicted molar refractivity (Wildman–Crippen MR) is 80.0 cm³/mol. The van der Waals surface area contributed by atoms with Crippen molar-refractivity contribution < 1.29 is 0 Å². The Hall–Kier alpha value is -2.28. The van der Waals surface area contributed by atoms with Gasteiger partial charge in [0, 0.05) is 11.4 Å². The molecule has 1 N–H and O–H groups in total. The molecule has 0 bridgehead atoms. The van der Waals surface area contributed by atoms with Crippen LogP contribution in [0.3, 0.4) is 0 Å². The Kier molecular flexibility index (Phi) is 3.98. The van der Waals surface area contributed by atoms with Gasteiger partial charge in [-0.05, 0) is 30.7 Å². The summed E-state index contributed by atoms with van der Waals surface area (Å²) in [5, 5.41) is 3.42. The first-order valence-corrected chi connectivity index (χ1v) is 6.00. The molecule has 0 fully saturated rings. The average molecular weight is 235 g/mol. The van der Waals surface area contributed by atoms with Crippen LogP contribution in [0, 0.1) is 0 Å². The molecule has 0 aliphatic carbocycles. The van der Waals surface area contributed by atoms with Gasteiger partial charge in [-0.15, -0.1) is 0 Å². The number of benzene rings is 2. The van der Waals surface area contributed by atoms with E-state index in [2.05, 4.69) is 42.2 Å². The van der Waals surface area contributed by atoms with Gasteiger partial charge in [-0.25, -0.2) is 0 Å². The molecule has 0 heterocycles. The third kappa shape index (κ3) is 3.36. The number of para-hydroxylation sites is 2. The van der Waals surface area contributed by atoms with Crippen molar-refractivity contribution in [1.29, 1.82) is 0 Å². The molecule has 0 aromatic heterocycles. The van der Waals surface area contributed by atoms with Gasteiger partial charge >= 0.3 is 0 Å². The van der Waals surface area contributed by atoms with Crippen molar-refractivity contribution in [3.8, 4) is 0 Å². The molecule has 2 aromatic carbocycles. The molecule has 2 rings (SSSR count). The maximum Gasteiger partial charge on any atom is 0.0457 e. The monoisotopic (exact) mass is 235 g/mol. The van der Waals surface area contributed by atoms with Crippen molar-refractivity contribution in [2.75, 3.05) is 5.32 Å². The highest BCUT2D eigenvalue weighted by Gasteiger charge is 1.98. The van der Waals surface area contributed by atoms with Crippen LogP contribution in [0.2, 0.25) is 0 Å². The lowest BCUT2D eigenvalue weighted by Gasteiger charge is -2.09. The van der Waals surface area contributed by atoms with Crippen LogP contribution in [0.4, 0.5) is 11.4 Å². The van der Waals surface area contributed by atoms with Crippen LogP contribution in [0.15, 0.2) is 72.8 Å². The molecule has 0 spiro atoms. The SMILES string of the molecule is C=C(C)C=Cc1ccccc1Nc1ccccc1. The number of anilines is 2. The summed E-state index contributed by atoms with van der Waals surface area (Å²) >= 11 is 0. The third-order valence-corrected chi connectivity index (χ3v) is 2.56. The maximum atomic E-state index is 3.88. The van der Waals surface area contributed by atoms with Gasteiger partial charge in [0.1, 0.15) is 0 Å². The fraction of sp³-hybridized carbons (Fsp3) is 0.0588. The molecule has 2 aromatic rings. The smallest absolute Gasteiger partial charge is 0.0457 e. The second-order valence-electron chi connectivity index (χ2n) is 4.26. The third-order valence-electron chi connectivity index (χ3n) is 2.56. The fourth-order valence-corrected chi connectivity index (χ4v) is 1.67. The van der Waals surface area contributed by atoms with Gasteiger partial charge in [0.25, 0.3) is 0 Å². The van der Waals surface area contributed by atoms with E-state index in [9.17, 15) is 0 Å². The normalized spacial score (nSPS) is 10.5. The summed E-state index contributed by atoms with van der Waals surface area (Å²) in [6.45, 7) is 5.87. The van der Waals surface area contributed by atoms with Crippen LogP contribution in [-0.4, -0.2) is 0 Å². The number of hydrogen-bond acceptors (Lipinski definition) is 1. The second-order valence-corrected chi connectivity index (χ2v) is 4.26. The molecule has 1 nitrogen and oxygen atoms in total. The molecule has 0 aliphatic rings. The van der Waals surface area contributed by atoms with E-state index in [4.69, 9.17) is 0 Å². The molecule has 0 atom stereocenters. The Morgan fingerprint density at radius 1 is 1.00 bits per heavy atom. The lowest BCUT2D eigenvalue weighted by Crippen LogP contribution is -1.92. The van der Waals surface area contributed by atoms with Crippen molar-refractivity contribution in [2.24, 2.45) is 0 Å².